The van der Waals surface area contributed by atoms with Crippen LogP contribution in [0.5, 0.6) is 5.75 Å². The molecule has 1 N–H and O–H groups in total. The van der Waals surface area contributed by atoms with Gasteiger partial charge in [0.05, 0.1) is 7.11 Å². The van der Waals surface area contributed by atoms with Crippen molar-refractivity contribution in [3.8, 4) is 5.75 Å². The molecule has 0 radical (unpaired) electrons. The molecule has 0 heterocycles. The highest BCUT2D eigenvalue weighted by Crippen LogP contribution is 2.18. The zero-order valence-corrected chi connectivity index (χ0v) is 9.60. The van der Waals surface area contributed by atoms with E-state index < -0.39 is 0 Å². The van der Waals surface area contributed by atoms with Crippen LogP contribution in [0.1, 0.15) is 11.1 Å². The second-order valence-corrected chi connectivity index (χ2v) is 3.48. The van der Waals surface area contributed by atoms with E-state index in [1.807, 2.05) is 25.1 Å². The maximum Gasteiger partial charge on any atom is 0.235 e. The van der Waals surface area contributed by atoms with Gasteiger partial charge in [-0.15, -0.1) is 11.6 Å². The predicted octanol–water partition coefficient (Wildman–Crippen LogP) is 1.86. The lowest BCUT2D eigenvalue weighted by molar-refractivity contribution is -0.118. The van der Waals surface area contributed by atoms with E-state index in [0.29, 0.717) is 6.54 Å². The minimum atomic E-state index is -0.170. The van der Waals surface area contributed by atoms with Crippen molar-refractivity contribution in [1.82, 2.24) is 5.32 Å². The molecule has 82 valence electrons. The number of benzene rings is 1. The Labute approximate surface area is 94.4 Å². The summed E-state index contributed by atoms with van der Waals surface area (Å²) in [5.41, 5.74) is 2.07. The Balaban J connectivity index is 2.66. The zero-order chi connectivity index (χ0) is 11.3. The van der Waals surface area contributed by atoms with Gasteiger partial charge < -0.3 is 10.1 Å². The molecule has 0 aliphatic heterocycles. The van der Waals surface area contributed by atoms with Gasteiger partial charge in [-0.2, -0.15) is 0 Å². The van der Waals surface area contributed by atoms with Gasteiger partial charge >= 0.3 is 0 Å². The lowest BCUT2D eigenvalue weighted by Gasteiger charge is -2.08. The number of carbonyl (C=O) groups is 1. The molecule has 1 aromatic carbocycles. The fourth-order valence-electron chi connectivity index (χ4n) is 1.22. The van der Waals surface area contributed by atoms with Gasteiger partial charge in [-0.05, 0) is 24.1 Å². The number of hydrogen-bond donors (Lipinski definition) is 1. The van der Waals surface area contributed by atoms with Crippen molar-refractivity contribution < 1.29 is 9.53 Å². The fourth-order valence-corrected chi connectivity index (χ4v) is 1.32. The first-order valence-corrected chi connectivity index (χ1v) is 5.17. The summed E-state index contributed by atoms with van der Waals surface area (Å²) in [4.78, 5) is 10.9. The summed E-state index contributed by atoms with van der Waals surface area (Å²) in [6, 6.07) is 5.82. The number of amides is 1. The average molecular weight is 228 g/mol. The number of aryl methyl sites for hydroxylation is 1. The Bertz CT molecular complexity index is 352. The molecule has 0 aliphatic carbocycles. The lowest BCUT2D eigenvalue weighted by atomic mass is 10.1. The van der Waals surface area contributed by atoms with Crippen LogP contribution in [0.25, 0.3) is 0 Å². The van der Waals surface area contributed by atoms with E-state index in [1.165, 1.54) is 0 Å². The number of ether oxygens (including phenoxy) is 1. The number of nitrogens with one attached hydrogen (secondary N) is 1. The third-order valence-corrected chi connectivity index (χ3v) is 2.33. The van der Waals surface area contributed by atoms with Crippen molar-refractivity contribution in [2.75, 3.05) is 13.0 Å². The molecule has 0 saturated heterocycles. The highest BCUT2D eigenvalue weighted by molar-refractivity contribution is 6.27. The van der Waals surface area contributed by atoms with Crippen molar-refractivity contribution in [3.63, 3.8) is 0 Å². The highest BCUT2D eigenvalue weighted by atomic mass is 35.5. The SMILES string of the molecule is COc1cc(CNC(=O)CCl)ccc1C. The molecular weight excluding hydrogens is 214 g/mol. The summed E-state index contributed by atoms with van der Waals surface area (Å²) < 4.78 is 5.18. The molecule has 1 amide bonds. The monoisotopic (exact) mass is 227 g/mol. The zero-order valence-electron chi connectivity index (χ0n) is 8.84. The lowest BCUT2D eigenvalue weighted by Crippen LogP contribution is -2.23. The van der Waals surface area contributed by atoms with Gasteiger partial charge in [-0.1, -0.05) is 12.1 Å². The molecule has 0 atom stereocenters. The number of alkyl halides is 1. The number of carbonyl (C=O) groups excluding carboxylic acids is 1. The average Bonchev–Trinajstić information content (AvgIpc) is 2.27. The third kappa shape index (κ3) is 3.44. The van der Waals surface area contributed by atoms with Crippen LogP contribution < -0.4 is 10.1 Å². The van der Waals surface area contributed by atoms with Crippen LogP contribution in [-0.2, 0) is 11.3 Å². The summed E-state index contributed by atoms with van der Waals surface area (Å²) in [6.07, 6.45) is 0. The predicted molar refractivity (Wildman–Crippen MR) is 60.3 cm³/mol. The fraction of sp³-hybridized carbons (Fsp3) is 0.364. The van der Waals surface area contributed by atoms with Gasteiger partial charge in [0.1, 0.15) is 11.6 Å². The highest BCUT2D eigenvalue weighted by Gasteiger charge is 2.02. The Kier molecular flexibility index (Phi) is 4.43. The van der Waals surface area contributed by atoms with Crippen LogP contribution in [0, 0.1) is 6.92 Å². The molecule has 1 aromatic rings. The second kappa shape index (κ2) is 5.61. The van der Waals surface area contributed by atoms with Gasteiger partial charge in [-0.3, -0.25) is 4.79 Å². The van der Waals surface area contributed by atoms with E-state index in [9.17, 15) is 4.79 Å². The standard InChI is InChI=1S/C11H14ClNO2/c1-8-3-4-9(5-10(8)15-2)7-13-11(14)6-12/h3-5H,6-7H2,1-2H3,(H,13,14). The van der Waals surface area contributed by atoms with Gasteiger partial charge in [0, 0.05) is 6.54 Å². The molecule has 0 fully saturated rings. The van der Waals surface area contributed by atoms with E-state index >= 15 is 0 Å². The van der Waals surface area contributed by atoms with Crippen LogP contribution in [0.3, 0.4) is 0 Å². The van der Waals surface area contributed by atoms with Crippen molar-refractivity contribution in [2.24, 2.45) is 0 Å². The van der Waals surface area contributed by atoms with Crippen molar-refractivity contribution in [2.45, 2.75) is 13.5 Å². The van der Waals surface area contributed by atoms with Crippen molar-refractivity contribution in [3.05, 3.63) is 29.3 Å². The van der Waals surface area contributed by atoms with Gasteiger partial charge in [0.15, 0.2) is 0 Å². The van der Waals surface area contributed by atoms with Crippen LogP contribution in [0.2, 0.25) is 0 Å². The molecule has 0 saturated carbocycles. The van der Waals surface area contributed by atoms with Crippen LogP contribution in [-0.4, -0.2) is 18.9 Å². The molecular formula is C11H14ClNO2. The Morgan fingerprint density at radius 3 is 2.87 bits per heavy atom. The second-order valence-electron chi connectivity index (χ2n) is 3.21. The smallest absolute Gasteiger partial charge is 0.235 e. The van der Waals surface area contributed by atoms with E-state index in [1.54, 1.807) is 7.11 Å². The minimum Gasteiger partial charge on any atom is -0.496 e. The van der Waals surface area contributed by atoms with Crippen LogP contribution >= 0.6 is 11.6 Å². The van der Waals surface area contributed by atoms with Crippen LogP contribution in [0.15, 0.2) is 18.2 Å². The molecule has 0 bridgehead atoms. The minimum absolute atomic E-state index is 0.0109. The van der Waals surface area contributed by atoms with E-state index in [4.69, 9.17) is 16.3 Å². The number of rotatable bonds is 4. The molecule has 4 heteroatoms. The van der Waals surface area contributed by atoms with Gasteiger partial charge in [0.25, 0.3) is 0 Å². The maximum atomic E-state index is 10.9. The van der Waals surface area contributed by atoms with Crippen molar-refractivity contribution in [1.29, 1.82) is 0 Å². The first-order valence-electron chi connectivity index (χ1n) is 4.63. The van der Waals surface area contributed by atoms with E-state index in [2.05, 4.69) is 5.32 Å². The Morgan fingerprint density at radius 1 is 1.53 bits per heavy atom. The van der Waals surface area contributed by atoms with E-state index in [0.717, 1.165) is 16.9 Å². The van der Waals surface area contributed by atoms with Crippen molar-refractivity contribution >= 4 is 17.5 Å². The normalized spacial score (nSPS) is 9.80. The Hall–Kier alpha value is -1.22. The molecule has 3 nitrogen and oxygen atoms in total. The first kappa shape index (κ1) is 11.9. The molecule has 0 unspecified atom stereocenters. The number of halogens is 1. The summed E-state index contributed by atoms with van der Waals surface area (Å²) in [5, 5.41) is 2.69. The summed E-state index contributed by atoms with van der Waals surface area (Å²) >= 11 is 5.37. The third-order valence-electron chi connectivity index (χ3n) is 2.08. The van der Waals surface area contributed by atoms with Gasteiger partial charge in [0.2, 0.25) is 5.91 Å². The summed E-state index contributed by atoms with van der Waals surface area (Å²) in [5.74, 6) is 0.645. The Morgan fingerprint density at radius 2 is 2.27 bits per heavy atom. The van der Waals surface area contributed by atoms with E-state index in [-0.39, 0.29) is 11.8 Å². The topological polar surface area (TPSA) is 38.3 Å². The summed E-state index contributed by atoms with van der Waals surface area (Å²) in [6.45, 7) is 2.45. The molecule has 0 spiro atoms. The largest absolute Gasteiger partial charge is 0.496 e. The number of methoxy groups -OCH3 is 1. The molecule has 0 aliphatic rings. The molecule has 0 aromatic heterocycles. The maximum absolute atomic E-state index is 10.9. The molecule has 1 rings (SSSR count). The van der Waals surface area contributed by atoms with Crippen LogP contribution in [0.4, 0.5) is 0 Å². The summed E-state index contributed by atoms with van der Waals surface area (Å²) in [7, 11) is 1.63. The first-order chi connectivity index (χ1) is 7.17. The molecule has 15 heavy (non-hydrogen) atoms. The quantitative estimate of drug-likeness (QED) is 0.798. The van der Waals surface area contributed by atoms with Gasteiger partial charge in [-0.25, -0.2) is 0 Å². The number of hydrogen-bond acceptors (Lipinski definition) is 2.